The van der Waals surface area contributed by atoms with Crippen molar-refractivity contribution in [3.63, 3.8) is 0 Å². The Balaban J connectivity index is 3.10. The van der Waals surface area contributed by atoms with Crippen molar-refractivity contribution >= 4 is 17.9 Å². The quantitative estimate of drug-likeness (QED) is 0.309. The Bertz CT molecular complexity index is 497. The molecule has 1 aliphatic heterocycles. The minimum atomic E-state index is -2.78. The number of carboxylic acids is 1. The molecule has 0 aromatic rings. The predicted octanol–water partition coefficient (Wildman–Crippen LogP) is -2.91. The first-order chi connectivity index (χ1) is 11.0. The number of nitrogens with two attached hydrogens (primary N) is 1. The first kappa shape index (κ1) is 20.3. The number of carbonyl (C=O) groups excluding carboxylic acids is 2. The molecule has 1 rings (SSSR count). The van der Waals surface area contributed by atoms with Gasteiger partial charge in [0.15, 0.2) is 6.10 Å². The lowest BCUT2D eigenvalue weighted by molar-refractivity contribution is -0.294. The van der Waals surface area contributed by atoms with Crippen LogP contribution in [0.5, 0.6) is 0 Å². The van der Waals surface area contributed by atoms with Gasteiger partial charge < -0.3 is 40.4 Å². The maximum Gasteiger partial charge on any atom is 0.364 e. The lowest BCUT2D eigenvalue weighted by Crippen LogP contribution is -2.66. The number of aliphatic hydroxyl groups excluding tert-OH is 2. The Hall–Kier alpha value is -1.79. The molecule has 0 amide bonds. The van der Waals surface area contributed by atoms with Gasteiger partial charge in [-0.3, -0.25) is 9.59 Å². The molecule has 1 saturated heterocycles. The second kappa shape index (κ2) is 7.85. The van der Waals surface area contributed by atoms with Gasteiger partial charge in [0, 0.05) is 13.8 Å². The van der Waals surface area contributed by atoms with Gasteiger partial charge in [-0.15, -0.1) is 0 Å². The van der Waals surface area contributed by atoms with E-state index < -0.39 is 67.2 Å². The van der Waals surface area contributed by atoms with Gasteiger partial charge in [-0.1, -0.05) is 0 Å². The number of ether oxygens (including phenoxy) is 3. The molecule has 24 heavy (non-hydrogen) atoms. The minimum absolute atomic E-state index is 0.663. The number of carbonyl (C=O) groups is 3. The second-order valence-electron chi connectivity index (χ2n) is 5.42. The van der Waals surface area contributed by atoms with Crippen LogP contribution in [0.3, 0.4) is 0 Å². The number of carboxylic acid groups (broad SMARTS) is 1. The Morgan fingerprint density at radius 1 is 1.33 bits per heavy atom. The van der Waals surface area contributed by atoms with Crippen molar-refractivity contribution in [3.8, 4) is 0 Å². The van der Waals surface area contributed by atoms with Crippen molar-refractivity contribution in [2.24, 2.45) is 5.73 Å². The average Bonchev–Trinajstić information content (AvgIpc) is 2.46. The third-order valence-corrected chi connectivity index (χ3v) is 3.48. The van der Waals surface area contributed by atoms with Crippen molar-refractivity contribution in [2.75, 3.05) is 6.61 Å². The fourth-order valence-electron chi connectivity index (χ4n) is 2.38. The lowest BCUT2D eigenvalue weighted by Gasteiger charge is -2.44. The van der Waals surface area contributed by atoms with Gasteiger partial charge in [-0.25, -0.2) is 4.79 Å². The normalized spacial score (nSPS) is 32.5. The zero-order valence-electron chi connectivity index (χ0n) is 13.1. The molecule has 0 saturated carbocycles. The number of aliphatic carboxylic acids is 1. The Kier molecular flexibility index (Phi) is 6.63. The molecule has 138 valence electrons. The largest absolute Gasteiger partial charge is 0.477 e. The Labute approximate surface area is 136 Å². The molecule has 0 radical (unpaired) electrons. The monoisotopic (exact) mass is 351 g/mol. The lowest BCUT2D eigenvalue weighted by atomic mass is 9.89. The fourth-order valence-corrected chi connectivity index (χ4v) is 2.38. The van der Waals surface area contributed by atoms with Crippen LogP contribution in [0.15, 0.2) is 0 Å². The molecule has 0 aromatic heterocycles. The highest BCUT2D eigenvalue weighted by molar-refractivity contribution is 5.75. The molecule has 0 aliphatic carbocycles. The summed E-state index contributed by atoms with van der Waals surface area (Å²) in [6.45, 7) is 1.28. The highest BCUT2D eigenvalue weighted by atomic mass is 16.7. The van der Waals surface area contributed by atoms with E-state index >= 15 is 0 Å². The van der Waals surface area contributed by atoms with E-state index in [4.69, 9.17) is 25.1 Å². The van der Waals surface area contributed by atoms with Crippen LogP contribution in [0, 0.1) is 0 Å². The standard InChI is InChI=1S/C13H21NO10/c1-5(16)22-7-3-13(21,12(19)20)24-11(9(7)14)10(18)8(4-15)23-6(2)17/h7-11,15,18,21H,3-4,14H2,1-2H3,(H,19,20)/t7-,8-,9-,10-,11?,13+/m1/s1. The van der Waals surface area contributed by atoms with E-state index in [1.807, 2.05) is 0 Å². The molecule has 0 aromatic carbocycles. The first-order valence-electron chi connectivity index (χ1n) is 7.04. The summed E-state index contributed by atoms with van der Waals surface area (Å²) in [6, 6.07) is -1.24. The van der Waals surface area contributed by atoms with Crippen molar-refractivity contribution < 1.29 is 49.0 Å². The summed E-state index contributed by atoms with van der Waals surface area (Å²) < 4.78 is 14.5. The molecule has 1 unspecified atom stereocenters. The SMILES string of the molecule is CC(=O)O[C@@H]1C[C@@](O)(C(=O)O)OC([C@H](O)[C@@H](CO)OC(C)=O)[C@@H]1N. The van der Waals surface area contributed by atoms with Crippen LogP contribution in [-0.2, 0) is 28.6 Å². The van der Waals surface area contributed by atoms with Gasteiger partial charge in [0.2, 0.25) is 0 Å². The summed E-state index contributed by atoms with van der Waals surface area (Å²) in [7, 11) is 0. The molecule has 0 bridgehead atoms. The van der Waals surface area contributed by atoms with Crippen molar-refractivity contribution in [3.05, 3.63) is 0 Å². The van der Waals surface area contributed by atoms with Crippen molar-refractivity contribution in [1.29, 1.82) is 0 Å². The van der Waals surface area contributed by atoms with Gasteiger partial charge in [0.1, 0.15) is 18.3 Å². The molecule has 0 spiro atoms. The van der Waals surface area contributed by atoms with Crippen LogP contribution < -0.4 is 5.73 Å². The molecule has 1 fully saturated rings. The van der Waals surface area contributed by atoms with Gasteiger partial charge in [0.25, 0.3) is 5.79 Å². The van der Waals surface area contributed by atoms with E-state index in [2.05, 4.69) is 0 Å². The van der Waals surface area contributed by atoms with Crippen molar-refractivity contribution in [2.45, 2.75) is 56.5 Å². The summed E-state index contributed by atoms with van der Waals surface area (Å²) in [5.74, 6) is -6.16. The van der Waals surface area contributed by atoms with E-state index in [1.54, 1.807) is 0 Å². The maximum atomic E-state index is 11.2. The van der Waals surface area contributed by atoms with E-state index in [0.717, 1.165) is 13.8 Å². The van der Waals surface area contributed by atoms with Crippen LogP contribution >= 0.6 is 0 Å². The molecule has 1 aliphatic rings. The summed E-state index contributed by atoms with van der Waals surface area (Å²) in [6.07, 6.45) is -6.80. The first-order valence-corrected chi connectivity index (χ1v) is 7.04. The van der Waals surface area contributed by atoms with Crippen LogP contribution in [0.25, 0.3) is 0 Å². The summed E-state index contributed by atoms with van der Waals surface area (Å²) in [5, 5.41) is 38.6. The van der Waals surface area contributed by atoms with Crippen LogP contribution in [0.4, 0.5) is 0 Å². The zero-order chi connectivity index (χ0) is 18.7. The second-order valence-corrected chi connectivity index (χ2v) is 5.42. The molecule has 11 nitrogen and oxygen atoms in total. The number of esters is 2. The molecule has 11 heteroatoms. The molecular weight excluding hydrogens is 330 g/mol. The highest BCUT2D eigenvalue weighted by Gasteiger charge is 2.54. The highest BCUT2D eigenvalue weighted by Crippen LogP contribution is 2.31. The fraction of sp³-hybridized carbons (Fsp3) is 0.769. The smallest absolute Gasteiger partial charge is 0.364 e. The third-order valence-electron chi connectivity index (χ3n) is 3.48. The number of hydrogen-bond acceptors (Lipinski definition) is 10. The average molecular weight is 351 g/mol. The number of rotatable bonds is 6. The van der Waals surface area contributed by atoms with Gasteiger partial charge in [-0.2, -0.15) is 0 Å². The molecule has 1 heterocycles. The van der Waals surface area contributed by atoms with E-state index in [9.17, 15) is 29.7 Å². The summed E-state index contributed by atoms with van der Waals surface area (Å²) >= 11 is 0. The maximum absolute atomic E-state index is 11.2. The zero-order valence-corrected chi connectivity index (χ0v) is 13.1. The number of hydrogen-bond donors (Lipinski definition) is 5. The predicted molar refractivity (Wildman–Crippen MR) is 74.3 cm³/mol. The third kappa shape index (κ3) is 4.61. The van der Waals surface area contributed by atoms with Crippen LogP contribution in [-0.4, -0.2) is 81.2 Å². The van der Waals surface area contributed by atoms with Gasteiger partial charge in [0.05, 0.1) is 19.1 Å². The van der Waals surface area contributed by atoms with Crippen LogP contribution in [0.1, 0.15) is 20.3 Å². The Morgan fingerprint density at radius 2 is 1.92 bits per heavy atom. The van der Waals surface area contributed by atoms with Gasteiger partial charge >= 0.3 is 17.9 Å². The summed E-state index contributed by atoms with van der Waals surface area (Å²) in [5.41, 5.74) is 5.83. The van der Waals surface area contributed by atoms with E-state index in [-0.39, 0.29) is 0 Å². The van der Waals surface area contributed by atoms with E-state index in [1.165, 1.54) is 0 Å². The van der Waals surface area contributed by atoms with Crippen LogP contribution in [0.2, 0.25) is 0 Å². The topological polar surface area (TPSA) is 186 Å². The Morgan fingerprint density at radius 3 is 2.33 bits per heavy atom. The molecule has 6 N–H and O–H groups in total. The summed E-state index contributed by atoms with van der Waals surface area (Å²) in [4.78, 5) is 33.4. The molecule has 6 atom stereocenters. The van der Waals surface area contributed by atoms with E-state index in [0.29, 0.717) is 0 Å². The molecular formula is C13H21NO10. The van der Waals surface area contributed by atoms with Crippen molar-refractivity contribution in [1.82, 2.24) is 0 Å². The minimum Gasteiger partial charge on any atom is -0.477 e. The number of aliphatic hydroxyl groups is 3. The van der Waals surface area contributed by atoms with Gasteiger partial charge in [-0.05, 0) is 0 Å².